The van der Waals surface area contributed by atoms with Gasteiger partial charge in [0.2, 0.25) is 0 Å². The Balaban J connectivity index is 2.69. The van der Waals surface area contributed by atoms with Crippen LogP contribution in [-0.2, 0) is 0 Å². The van der Waals surface area contributed by atoms with E-state index in [1.54, 1.807) is 6.92 Å². The maximum absolute atomic E-state index is 13.3. The first-order valence-corrected chi connectivity index (χ1v) is 4.77. The van der Waals surface area contributed by atoms with Crippen molar-refractivity contribution in [3.8, 4) is 12.3 Å². The van der Waals surface area contributed by atoms with Crippen LogP contribution < -0.4 is 5.32 Å². The van der Waals surface area contributed by atoms with E-state index in [0.717, 1.165) is 12.1 Å². The van der Waals surface area contributed by atoms with E-state index in [1.807, 2.05) is 0 Å². The van der Waals surface area contributed by atoms with Gasteiger partial charge in [-0.05, 0) is 25.1 Å². The highest BCUT2D eigenvalue weighted by Gasteiger charge is 2.10. The fourth-order valence-corrected chi connectivity index (χ4v) is 1.32. The highest BCUT2D eigenvalue weighted by Crippen LogP contribution is 2.17. The zero-order valence-corrected chi connectivity index (χ0v) is 8.56. The molecule has 3 heteroatoms. The first kappa shape index (κ1) is 11.7. The molecule has 1 N–H and O–H groups in total. The summed E-state index contributed by atoms with van der Waals surface area (Å²) >= 11 is 0. The number of hydrogen-bond donors (Lipinski definition) is 1. The summed E-state index contributed by atoms with van der Waals surface area (Å²) in [5, 5.41) is 3.02. The molecule has 1 nitrogen and oxygen atoms in total. The maximum atomic E-state index is 13.3. The van der Waals surface area contributed by atoms with Gasteiger partial charge in [0.05, 0.1) is 0 Å². The van der Waals surface area contributed by atoms with Gasteiger partial charge in [0.25, 0.3) is 0 Å². The molecule has 0 spiro atoms. The topological polar surface area (TPSA) is 12.0 Å². The van der Waals surface area contributed by atoms with Crippen molar-refractivity contribution in [2.45, 2.75) is 19.4 Å². The predicted octanol–water partition coefficient (Wildman–Crippen LogP) is 2.64. The SMILES string of the molecule is C#CCCNC(C)c1cc(F)ccc1F. The highest BCUT2D eigenvalue weighted by molar-refractivity contribution is 5.21. The molecule has 0 saturated carbocycles. The smallest absolute Gasteiger partial charge is 0.128 e. The van der Waals surface area contributed by atoms with Crippen LogP contribution in [0.4, 0.5) is 8.78 Å². The van der Waals surface area contributed by atoms with E-state index in [0.29, 0.717) is 18.5 Å². The molecule has 0 amide bonds. The van der Waals surface area contributed by atoms with Gasteiger partial charge in [-0.1, -0.05) is 0 Å². The Morgan fingerprint density at radius 1 is 1.47 bits per heavy atom. The summed E-state index contributed by atoms with van der Waals surface area (Å²) in [6, 6.07) is 3.19. The molecule has 1 unspecified atom stereocenters. The normalized spacial score (nSPS) is 12.1. The molecule has 0 bridgehead atoms. The number of benzene rings is 1. The van der Waals surface area contributed by atoms with Crippen molar-refractivity contribution < 1.29 is 8.78 Å². The van der Waals surface area contributed by atoms with Gasteiger partial charge in [-0.2, -0.15) is 0 Å². The Hall–Kier alpha value is -1.40. The molecule has 0 aliphatic carbocycles. The molecule has 0 aliphatic heterocycles. The van der Waals surface area contributed by atoms with Crippen molar-refractivity contribution >= 4 is 0 Å². The third-order valence-electron chi connectivity index (χ3n) is 2.14. The molecular formula is C12H13F2N. The number of rotatable bonds is 4. The molecule has 1 rings (SSSR count). The van der Waals surface area contributed by atoms with Gasteiger partial charge in [0.15, 0.2) is 0 Å². The van der Waals surface area contributed by atoms with Gasteiger partial charge >= 0.3 is 0 Å². The zero-order chi connectivity index (χ0) is 11.3. The van der Waals surface area contributed by atoms with E-state index in [1.165, 1.54) is 6.07 Å². The van der Waals surface area contributed by atoms with Crippen LogP contribution >= 0.6 is 0 Å². The molecule has 80 valence electrons. The minimum absolute atomic E-state index is 0.242. The lowest BCUT2D eigenvalue weighted by Crippen LogP contribution is -2.20. The first-order valence-electron chi connectivity index (χ1n) is 4.77. The maximum Gasteiger partial charge on any atom is 0.128 e. The van der Waals surface area contributed by atoms with Crippen LogP contribution in [0.5, 0.6) is 0 Å². The average Bonchev–Trinajstić information content (AvgIpc) is 2.22. The minimum atomic E-state index is -0.433. The van der Waals surface area contributed by atoms with Crippen LogP contribution in [0.25, 0.3) is 0 Å². The van der Waals surface area contributed by atoms with Crippen LogP contribution in [0.1, 0.15) is 24.9 Å². The molecule has 0 radical (unpaired) electrons. The van der Waals surface area contributed by atoms with E-state index >= 15 is 0 Å². The fourth-order valence-electron chi connectivity index (χ4n) is 1.32. The molecule has 0 aromatic heterocycles. The molecule has 1 aromatic rings. The van der Waals surface area contributed by atoms with Crippen LogP contribution in [0.3, 0.4) is 0 Å². The molecule has 0 fully saturated rings. The van der Waals surface area contributed by atoms with Gasteiger partial charge in [0, 0.05) is 24.6 Å². The number of halogens is 2. The molecule has 15 heavy (non-hydrogen) atoms. The summed E-state index contributed by atoms with van der Waals surface area (Å²) in [5.74, 6) is 1.63. The average molecular weight is 209 g/mol. The summed E-state index contributed by atoms with van der Waals surface area (Å²) in [6.07, 6.45) is 5.65. The van der Waals surface area contributed by atoms with Gasteiger partial charge < -0.3 is 5.32 Å². The Bertz CT molecular complexity index is 368. The highest BCUT2D eigenvalue weighted by atomic mass is 19.1. The zero-order valence-electron chi connectivity index (χ0n) is 8.56. The van der Waals surface area contributed by atoms with E-state index in [9.17, 15) is 8.78 Å². The third kappa shape index (κ3) is 3.34. The lowest BCUT2D eigenvalue weighted by molar-refractivity contribution is 0.524. The number of hydrogen-bond acceptors (Lipinski definition) is 1. The number of terminal acetylenes is 1. The van der Waals surface area contributed by atoms with Crippen LogP contribution in [-0.4, -0.2) is 6.54 Å². The number of nitrogens with one attached hydrogen (secondary N) is 1. The Labute approximate surface area is 88.5 Å². The van der Waals surface area contributed by atoms with Gasteiger partial charge in [-0.15, -0.1) is 12.3 Å². The van der Waals surface area contributed by atoms with Crippen molar-refractivity contribution in [2.75, 3.05) is 6.54 Å². The van der Waals surface area contributed by atoms with E-state index in [-0.39, 0.29) is 6.04 Å². The fraction of sp³-hybridized carbons (Fsp3) is 0.333. The van der Waals surface area contributed by atoms with Crippen molar-refractivity contribution in [1.82, 2.24) is 5.32 Å². The summed E-state index contributed by atoms with van der Waals surface area (Å²) in [6.45, 7) is 2.36. The van der Waals surface area contributed by atoms with Crippen LogP contribution in [0, 0.1) is 24.0 Å². The quantitative estimate of drug-likeness (QED) is 0.593. The van der Waals surface area contributed by atoms with Gasteiger partial charge in [-0.25, -0.2) is 8.78 Å². The third-order valence-corrected chi connectivity index (χ3v) is 2.14. The van der Waals surface area contributed by atoms with Gasteiger partial charge in [-0.3, -0.25) is 0 Å². The summed E-state index contributed by atoms with van der Waals surface area (Å²) in [4.78, 5) is 0. The summed E-state index contributed by atoms with van der Waals surface area (Å²) in [7, 11) is 0. The Morgan fingerprint density at radius 3 is 2.87 bits per heavy atom. The molecule has 0 aliphatic rings. The van der Waals surface area contributed by atoms with Crippen LogP contribution in [0.15, 0.2) is 18.2 Å². The summed E-state index contributed by atoms with van der Waals surface area (Å²) < 4.78 is 26.2. The lowest BCUT2D eigenvalue weighted by atomic mass is 10.1. The lowest BCUT2D eigenvalue weighted by Gasteiger charge is -2.14. The van der Waals surface area contributed by atoms with Crippen molar-refractivity contribution in [2.24, 2.45) is 0 Å². The standard InChI is InChI=1S/C12H13F2N/c1-3-4-7-15-9(2)11-8-10(13)5-6-12(11)14/h1,5-6,8-9,15H,4,7H2,2H3. The van der Waals surface area contributed by atoms with Crippen molar-refractivity contribution in [3.05, 3.63) is 35.4 Å². The van der Waals surface area contributed by atoms with Crippen molar-refractivity contribution in [1.29, 1.82) is 0 Å². The monoisotopic (exact) mass is 209 g/mol. The van der Waals surface area contributed by atoms with E-state index in [2.05, 4.69) is 11.2 Å². The second-order valence-corrected chi connectivity index (χ2v) is 3.30. The molecule has 1 atom stereocenters. The van der Waals surface area contributed by atoms with Crippen LogP contribution in [0.2, 0.25) is 0 Å². The van der Waals surface area contributed by atoms with E-state index in [4.69, 9.17) is 6.42 Å². The molecule has 0 heterocycles. The summed E-state index contributed by atoms with van der Waals surface area (Å²) in [5.41, 5.74) is 0.326. The van der Waals surface area contributed by atoms with E-state index < -0.39 is 11.6 Å². The van der Waals surface area contributed by atoms with Gasteiger partial charge in [0.1, 0.15) is 11.6 Å². The van der Waals surface area contributed by atoms with Crippen molar-refractivity contribution in [3.63, 3.8) is 0 Å². The predicted molar refractivity (Wildman–Crippen MR) is 56.2 cm³/mol. The Kier molecular flexibility index (Phi) is 4.26. The first-order chi connectivity index (χ1) is 7.15. The minimum Gasteiger partial charge on any atom is -0.309 e. The molecule has 1 aromatic carbocycles. The second kappa shape index (κ2) is 5.47. The largest absolute Gasteiger partial charge is 0.309 e. The molecule has 0 saturated heterocycles. The second-order valence-electron chi connectivity index (χ2n) is 3.30. The Morgan fingerprint density at radius 2 is 2.20 bits per heavy atom. The molecular weight excluding hydrogens is 196 g/mol.